The van der Waals surface area contributed by atoms with Crippen LogP contribution in [0, 0.1) is 0 Å². The van der Waals surface area contributed by atoms with Crippen molar-refractivity contribution in [2.45, 2.75) is 6.04 Å². The number of benzene rings is 3. The first-order valence-corrected chi connectivity index (χ1v) is 8.62. The average Bonchev–Trinajstić information content (AvgIpc) is 2.74. The zero-order chi connectivity index (χ0) is 19.1. The summed E-state index contributed by atoms with van der Waals surface area (Å²) in [6, 6.07) is 24.7. The van der Waals surface area contributed by atoms with Gasteiger partial charge in [-0.15, -0.1) is 0 Å². The number of hydrogen-bond acceptors (Lipinski definition) is 4. The molecule has 0 saturated heterocycles. The predicted molar refractivity (Wildman–Crippen MR) is 107 cm³/mol. The van der Waals surface area contributed by atoms with E-state index in [-0.39, 0.29) is 11.8 Å². The molecule has 0 fully saturated rings. The van der Waals surface area contributed by atoms with Gasteiger partial charge in [0.15, 0.2) is 11.5 Å². The zero-order valence-electron chi connectivity index (χ0n) is 15.3. The predicted octanol–water partition coefficient (Wildman–Crippen LogP) is 4.75. The second-order valence-electron chi connectivity index (χ2n) is 5.94. The van der Waals surface area contributed by atoms with Gasteiger partial charge in [0.25, 0.3) is 0 Å². The van der Waals surface area contributed by atoms with Gasteiger partial charge in [0.05, 0.1) is 20.4 Å². The summed E-state index contributed by atoms with van der Waals surface area (Å²) >= 11 is 0. The van der Waals surface area contributed by atoms with Gasteiger partial charge in [0.1, 0.15) is 6.04 Å². The van der Waals surface area contributed by atoms with Crippen molar-refractivity contribution in [2.24, 2.45) is 4.99 Å². The Kier molecular flexibility index (Phi) is 6.00. The molecule has 4 nitrogen and oxygen atoms in total. The Morgan fingerprint density at radius 3 is 1.89 bits per heavy atom. The second kappa shape index (κ2) is 8.81. The Labute approximate surface area is 159 Å². The van der Waals surface area contributed by atoms with Gasteiger partial charge in [0, 0.05) is 5.56 Å². The van der Waals surface area contributed by atoms with Crippen LogP contribution >= 0.6 is 0 Å². The molecule has 0 atom stereocenters. The molecule has 0 amide bonds. The Hall–Kier alpha value is -3.40. The van der Waals surface area contributed by atoms with Crippen LogP contribution in [0.2, 0.25) is 0 Å². The van der Waals surface area contributed by atoms with Gasteiger partial charge in [-0.05, 0) is 29.3 Å². The van der Waals surface area contributed by atoms with Crippen LogP contribution in [0.3, 0.4) is 0 Å². The molecule has 0 saturated carbocycles. The van der Waals surface area contributed by atoms with E-state index in [1.165, 1.54) is 6.21 Å². The highest BCUT2D eigenvalue weighted by molar-refractivity contribution is 6.35. The van der Waals surface area contributed by atoms with Crippen LogP contribution in [0.1, 0.15) is 27.5 Å². The molecule has 0 N–H and O–H groups in total. The maximum atomic E-state index is 12.6. The molecular formula is C23H21NO3. The Morgan fingerprint density at radius 1 is 0.815 bits per heavy atom. The summed E-state index contributed by atoms with van der Waals surface area (Å²) in [5.74, 6) is 0.907. The number of hydrogen-bond donors (Lipinski definition) is 0. The molecule has 27 heavy (non-hydrogen) atoms. The number of rotatable bonds is 7. The summed E-state index contributed by atoms with van der Waals surface area (Å²) in [5, 5.41) is 0. The molecule has 0 bridgehead atoms. The molecule has 0 aliphatic heterocycles. The van der Waals surface area contributed by atoms with Crippen molar-refractivity contribution in [2.75, 3.05) is 14.2 Å². The minimum Gasteiger partial charge on any atom is -0.493 e. The third-order valence-electron chi connectivity index (χ3n) is 4.24. The lowest BCUT2D eigenvalue weighted by Crippen LogP contribution is -2.05. The Morgan fingerprint density at radius 2 is 1.37 bits per heavy atom. The maximum Gasteiger partial charge on any atom is 0.203 e. The molecule has 0 heterocycles. The number of Topliss-reactive ketones (excluding diaryl/α,β-unsaturated/α-hetero) is 1. The average molecular weight is 359 g/mol. The van der Waals surface area contributed by atoms with E-state index in [1.807, 2.05) is 60.7 Å². The molecule has 0 radical (unpaired) electrons. The molecule has 0 unspecified atom stereocenters. The van der Waals surface area contributed by atoms with Crippen LogP contribution in [0.25, 0.3) is 0 Å². The zero-order valence-corrected chi connectivity index (χ0v) is 15.3. The lowest BCUT2D eigenvalue weighted by atomic mass is 9.99. The molecule has 4 heteroatoms. The summed E-state index contributed by atoms with van der Waals surface area (Å²) < 4.78 is 10.5. The van der Waals surface area contributed by atoms with Gasteiger partial charge in [0.2, 0.25) is 5.78 Å². The molecule has 0 aromatic heterocycles. The van der Waals surface area contributed by atoms with Crippen molar-refractivity contribution in [3.05, 3.63) is 95.6 Å². The Bertz CT molecular complexity index is 881. The standard InChI is InChI=1S/C23H21NO3/c1-26-21-14-13-19(15-22(21)27-2)20(25)16-24-23(17-9-5-3-6-10-17)18-11-7-4-8-12-18/h3-16,23H,1-2H3. The molecule has 0 spiro atoms. The van der Waals surface area contributed by atoms with Gasteiger partial charge in [-0.3, -0.25) is 9.79 Å². The van der Waals surface area contributed by atoms with Gasteiger partial charge >= 0.3 is 0 Å². The monoisotopic (exact) mass is 359 g/mol. The van der Waals surface area contributed by atoms with E-state index in [2.05, 4.69) is 4.99 Å². The molecule has 0 aliphatic carbocycles. The number of nitrogens with zero attached hydrogens (tertiary/aromatic N) is 1. The second-order valence-corrected chi connectivity index (χ2v) is 5.94. The van der Waals surface area contributed by atoms with Crippen molar-refractivity contribution in [1.82, 2.24) is 0 Å². The van der Waals surface area contributed by atoms with E-state index in [1.54, 1.807) is 32.4 Å². The third-order valence-corrected chi connectivity index (χ3v) is 4.24. The van der Waals surface area contributed by atoms with E-state index < -0.39 is 0 Å². The molecule has 3 rings (SSSR count). The summed E-state index contributed by atoms with van der Waals surface area (Å²) in [6.45, 7) is 0. The van der Waals surface area contributed by atoms with Crippen molar-refractivity contribution in [3.63, 3.8) is 0 Å². The first-order valence-electron chi connectivity index (χ1n) is 8.62. The SMILES string of the molecule is COc1ccc(C(=O)C=NC(c2ccccc2)c2ccccc2)cc1OC. The van der Waals surface area contributed by atoms with Crippen LogP contribution in [0.4, 0.5) is 0 Å². The summed E-state index contributed by atoms with van der Waals surface area (Å²) in [7, 11) is 3.10. The van der Waals surface area contributed by atoms with Gasteiger partial charge in [-0.2, -0.15) is 0 Å². The highest BCUT2D eigenvalue weighted by atomic mass is 16.5. The first kappa shape index (κ1) is 18.4. The summed E-state index contributed by atoms with van der Waals surface area (Å²) in [5.41, 5.74) is 2.55. The van der Waals surface area contributed by atoms with E-state index >= 15 is 0 Å². The highest BCUT2D eigenvalue weighted by Gasteiger charge is 2.13. The number of methoxy groups -OCH3 is 2. The van der Waals surface area contributed by atoms with Crippen molar-refractivity contribution >= 4 is 12.0 Å². The summed E-state index contributed by atoms with van der Waals surface area (Å²) in [4.78, 5) is 17.2. The Balaban J connectivity index is 1.90. The molecule has 3 aromatic rings. The number of carbonyl (C=O) groups excluding carboxylic acids is 1. The van der Waals surface area contributed by atoms with Crippen LogP contribution in [0.5, 0.6) is 11.5 Å². The molecule has 3 aromatic carbocycles. The fourth-order valence-electron chi connectivity index (χ4n) is 2.84. The maximum absolute atomic E-state index is 12.6. The molecular weight excluding hydrogens is 338 g/mol. The topological polar surface area (TPSA) is 47.9 Å². The molecule has 0 aliphatic rings. The lowest BCUT2D eigenvalue weighted by molar-refractivity contribution is 0.107. The van der Waals surface area contributed by atoms with Crippen LogP contribution < -0.4 is 9.47 Å². The number of aliphatic imine (C=N–C) groups is 1. The number of carbonyl (C=O) groups is 1. The smallest absolute Gasteiger partial charge is 0.203 e. The minimum absolute atomic E-state index is 0.187. The lowest BCUT2D eigenvalue weighted by Gasteiger charge is -2.13. The third kappa shape index (κ3) is 4.42. The van der Waals surface area contributed by atoms with Gasteiger partial charge < -0.3 is 9.47 Å². The van der Waals surface area contributed by atoms with Crippen molar-refractivity contribution < 1.29 is 14.3 Å². The fourth-order valence-corrected chi connectivity index (χ4v) is 2.84. The summed E-state index contributed by atoms with van der Waals surface area (Å²) in [6.07, 6.45) is 1.38. The quantitative estimate of drug-likeness (QED) is 0.452. The van der Waals surface area contributed by atoms with Crippen LogP contribution in [-0.2, 0) is 0 Å². The van der Waals surface area contributed by atoms with Crippen molar-refractivity contribution in [3.8, 4) is 11.5 Å². The fraction of sp³-hybridized carbons (Fsp3) is 0.130. The van der Waals surface area contributed by atoms with E-state index in [9.17, 15) is 4.79 Å². The van der Waals surface area contributed by atoms with E-state index in [4.69, 9.17) is 9.47 Å². The largest absolute Gasteiger partial charge is 0.493 e. The number of ketones is 1. The minimum atomic E-state index is -0.239. The highest BCUT2D eigenvalue weighted by Crippen LogP contribution is 2.28. The van der Waals surface area contributed by atoms with E-state index in [0.717, 1.165) is 11.1 Å². The van der Waals surface area contributed by atoms with E-state index in [0.29, 0.717) is 17.1 Å². The number of ether oxygens (including phenoxy) is 2. The van der Waals surface area contributed by atoms with Crippen molar-refractivity contribution in [1.29, 1.82) is 0 Å². The first-order chi connectivity index (χ1) is 13.2. The van der Waals surface area contributed by atoms with Gasteiger partial charge in [-0.25, -0.2) is 0 Å². The van der Waals surface area contributed by atoms with Gasteiger partial charge in [-0.1, -0.05) is 60.7 Å². The van der Waals surface area contributed by atoms with Crippen LogP contribution in [0.15, 0.2) is 83.9 Å². The normalized spacial score (nSPS) is 10.9. The molecule has 136 valence electrons. The van der Waals surface area contributed by atoms with Crippen LogP contribution in [-0.4, -0.2) is 26.2 Å².